The van der Waals surface area contributed by atoms with Gasteiger partial charge in [0.15, 0.2) is 5.78 Å². The van der Waals surface area contributed by atoms with Crippen molar-refractivity contribution in [1.82, 2.24) is 9.55 Å². The number of carbonyl (C=O) groups excluding carboxylic acids is 1. The maximum Gasteiger partial charge on any atom is 0.266 e. The molecule has 0 saturated heterocycles. The first-order valence-corrected chi connectivity index (χ1v) is 9.10. The highest BCUT2D eigenvalue weighted by Gasteiger charge is 2.12. The number of Topliss-reactive ketones (excluding diaryl/α,β-unsaturated/α-hetero) is 1. The molecule has 0 bridgehead atoms. The second-order valence-electron chi connectivity index (χ2n) is 6.62. The van der Waals surface area contributed by atoms with Gasteiger partial charge in [0.25, 0.3) is 5.56 Å². The quantitative estimate of drug-likeness (QED) is 0.471. The number of hydrogen-bond donors (Lipinski definition) is 0. The van der Waals surface area contributed by atoms with Crippen LogP contribution in [0.4, 0.5) is 4.39 Å². The van der Waals surface area contributed by atoms with E-state index in [0.29, 0.717) is 28.0 Å². The minimum Gasteiger partial charge on any atom is -0.295 e. The average Bonchev–Trinajstić information content (AvgIpc) is 2.73. The monoisotopic (exact) mass is 384 g/mol. The van der Waals surface area contributed by atoms with Crippen LogP contribution in [0, 0.1) is 5.82 Å². The van der Waals surface area contributed by atoms with Crippen LogP contribution in [0.1, 0.15) is 28.7 Å². The number of rotatable bonds is 4. The van der Waals surface area contributed by atoms with Gasteiger partial charge in [-0.05, 0) is 55.0 Å². The van der Waals surface area contributed by atoms with E-state index < -0.39 is 0 Å². The van der Waals surface area contributed by atoms with Crippen LogP contribution in [0.25, 0.3) is 28.7 Å². The molecular formula is C24H17FN2O2. The van der Waals surface area contributed by atoms with Crippen LogP contribution in [0.2, 0.25) is 0 Å². The Morgan fingerprint density at radius 2 is 1.72 bits per heavy atom. The van der Waals surface area contributed by atoms with Gasteiger partial charge in [-0.3, -0.25) is 14.2 Å². The molecule has 0 saturated carbocycles. The number of nitrogens with zero attached hydrogens (tertiary/aromatic N) is 2. The van der Waals surface area contributed by atoms with Gasteiger partial charge in [-0.15, -0.1) is 0 Å². The van der Waals surface area contributed by atoms with Crippen LogP contribution in [-0.4, -0.2) is 15.3 Å². The molecule has 0 N–H and O–H groups in total. The summed E-state index contributed by atoms with van der Waals surface area (Å²) in [5, 5.41) is 0.486. The van der Waals surface area contributed by atoms with Crippen molar-refractivity contribution in [2.75, 3.05) is 0 Å². The lowest BCUT2D eigenvalue weighted by molar-refractivity contribution is 0.101. The molecule has 3 aromatic carbocycles. The fourth-order valence-corrected chi connectivity index (χ4v) is 3.12. The second-order valence-corrected chi connectivity index (χ2v) is 6.62. The van der Waals surface area contributed by atoms with E-state index in [-0.39, 0.29) is 17.2 Å². The van der Waals surface area contributed by atoms with E-state index in [2.05, 4.69) is 4.98 Å². The maximum atomic E-state index is 13.2. The minimum atomic E-state index is -0.316. The molecule has 0 aliphatic heterocycles. The molecule has 4 rings (SSSR count). The van der Waals surface area contributed by atoms with Crippen molar-refractivity contribution in [2.45, 2.75) is 6.92 Å². The Morgan fingerprint density at radius 1 is 0.966 bits per heavy atom. The van der Waals surface area contributed by atoms with Crippen molar-refractivity contribution >= 4 is 28.8 Å². The van der Waals surface area contributed by atoms with Gasteiger partial charge in [0.2, 0.25) is 0 Å². The fourth-order valence-electron chi connectivity index (χ4n) is 3.12. The topological polar surface area (TPSA) is 52.0 Å². The summed E-state index contributed by atoms with van der Waals surface area (Å²) in [7, 11) is 0. The van der Waals surface area contributed by atoms with Gasteiger partial charge in [-0.25, -0.2) is 9.37 Å². The molecule has 4 aromatic rings. The standard InChI is InChI=1S/C24H17FN2O2/c1-16(28)18-5-4-6-20(15-18)27-23(14-11-17-9-12-19(25)13-10-17)26-22-8-3-2-7-21(22)24(27)29/h2-15H,1H3/b14-11+. The maximum absolute atomic E-state index is 13.2. The van der Waals surface area contributed by atoms with Crippen LogP contribution < -0.4 is 5.56 Å². The normalized spacial score (nSPS) is 11.2. The van der Waals surface area contributed by atoms with Gasteiger partial charge in [0, 0.05) is 5.56 Å². The molecule has 0 radical (unpaired) electrons. The van der Waals surface area contributed by atoms with Crippen molar-refractivity contribution < 1.29 is 9.18 Å². The van der Waals surface area contributed by atoms with E-state index in [9.17, 15) is 14.0 Å². The fraction of sp³-hybridized carbons (Fsp3) is 0.0417. The molecule has 1 heterocycles. The summed E-state index contributed by atoms with van der Waals surface area (Å²) in [6.07, 6.45) is 3.48. The molecule has 29 heavy (non-hydrogen) atoms. The molecule has 4 nitrogen and oxygen atoms in total. The summed E-state index contributed by atoms with van der Waals surface area (Å²) in [5.74, 6) is 0.0136. The Bertz CT molecular complexity index is 1300. The molecule has 0 spiro atoms. The molecule has 0 fully saturated rings. The third kappa shape index (κ3) is 3.75. The van der Waals surface area contributed by atoms with Crippen molar-refractivity contribution in [2.24, 2.45) is 0 Å². The Balaban J connectivity index is 1.94. The van der Waals surface area contributed by atoms with Gasteiger partial charge < -0.3 is 0 Å². The molecule has 0 atom stereocenters. The molecule has 0 aliphatic rings. The highest BCUT2D eigenvalue weighted by molar-refractivity contribution is 5.94. The number of aromatic nitrogens is 2. The van der Waals surface area contributed by atoms with E-state index in [1.807, 2.05) is 6.07 Å². The highest BCUT2D eigenvalue weighted by Crippen LogP contribution is 2.17. The number of para-hydroxylation sites is 1. The van der Waals surface area contributed by atoms with E-state index in [1.54, 1.807) is 66.7 Å². The number of benzene rings is 3. The van der Waals surface area contributed by atoms with Gasteiger partial charge in [-0.2, -0.15) is 0 Å². The van der Waals surface area contributed by atoms with E-state index in [0.717, 1.165) is 5.56 Å². The Hall–Kier alpha value is -3.86. The Morgan fingerprint density at radius 3 is 2.48 bits per heavy atom. The van der Waals surface area contributed by atoms with Crippen LogP contribution >= 0.6 is 0 Å². The van der Waals surface area contributed by atoms with Crippen LogP contribution in [-0.2, 0) is 0 Å². The zero-order valence-corrected chi connectivity index (χ0v) is 15.7. The third-order valence-corrected chi connectivity index (χ3v) is 4.61. The number of carbonyl (C=O) groups is 1. The predicted molar refractivity (Wildman–Crippen MR) is 113 cm³/mol. The number of hydrogen-bond acceptors (Lipinski definition) is 3. The average molecular weight is 384 g/mol. The van der Waals surface area contributed by atoms with Crippen molar-refractivity contribution in [1.29, 1.82) is 0 Å². The first kappa shape index (κ1) is 18.5. The van der Waals surface area contributed by atoms with E-state index >= 15 is 0 Å². The van der Waals surface area contributed by atoms with Crippen LogP contribution in [0.3, 0.4) is 0 Å². The third-order valence-electron chi connectivity index (χ3n) is 4.61. The van der Waals surface area contributed by atoms with Gasteiger partial charge in [0.1, 0.15) is 11.6 Å². The van der Waals surface area contributed by atoms with Crippen molar-refractivity contribution in [3.8, 4) is 5.69 Å². The lowest BCUT2D eigenvalue weighted by Gasteiger charge is -2.12. The van der Waals surface area contributed by atoms with Gasteiger partial charge >= 0.3 is 0 Å². The summed E-state index contributed by atoms with van der Waals surface area (Å²) in [6, 6.07) is 20.0. The van der Waals surface area contributed by atoms with Gasteiger partial charge in [0.05, 0.1) is 16.6 Å². The SMILES string of the molecule is CC(=O)c1cccc(-n2c(/C=C/c3ccc(F)cc3)nc3ccccc3c2=O)c1. The summed E-state index contributed by atoms with van der Waals surface area (Å²) < 4.78 is 14.6. The Labute approximate surface area is 166 Å². The largest absolute Gasteiger partial charge is 0.295 e. The van der Waals surface area contributed by atoms with E-state index in [1.165, 1.54) is 23.6 Å². The molecule has 1 aromatic heterocycles. The van der Waals surface area contributed by atoms with E-state index in [4.69, 9.17) is 0 Å². The summed E-state index contributed by atoms with van der Waals surface area (Å²) in [4.78, 5) is 29.7. The minimum absolute atomic E-state index is 0.0861. The second kappa shape index (κ2) is 7.64. The summed E-state index contributed by atoms with van der Waals surface area (Å²) in [5.41, 5.74) is 2.19. The predicted octanol–water partition coefficient (Wildman–Crippen LogP) is 4.90. The molecule has 5 heteroatoms. The lowest BCUT2D eigenvalue weighted by Crippen LogP contribution is -2.22. The summed E-state index contributed by atoms with van der Waals surface area (Å²) in [6.45, 7) is 1.48. The molecule has 0 aliphatic carbocycles. The number of halogens is 1. The Kier molecular flexibility index (Phi) is 4.87. The summed E-state index contributed by atoms with van der Waals surface area (Å²) >= 11 is 0. The molecular weight excluding hydrogens is 367 g/mol. The zero-order valence-electron chi connectivity index (χ0n) is 15.7. The first-order valence-electron chi connectivity index (χ1n) is 9.10. The number of ketones is 1. The molecule has 142 valence electrons. The number of fused-ring (bicyclic) bond motifs is 1. The molecule has 0 unspecified atom stereocenters. The van der Waals surface area contributed by atoms with Crippen molar-refractivity contribution in [3.05, 3.63) is 106 Å². The first-order chi connectivity index (χ1) is 14.0. The lowest BCUT2D eigenvalue weighted by atomic mass is 10.1. The van der Waals surface area contributed by atoms with Crippen molar-refractivity contribution in [3.63, 3.8) is 0 Å². The van der Waals surface area contributed by atoms with Crippen LogP contribution in [0.5, 0.6) is 0 Å². The molecule has 0 amide bonds. The van der Waals surface area contributed by atoms with Crippen LogP contribution in [0.15, 0.2) is 77.6 Å². The van der Waals surface area contributed by atoms with Gasteiger partial charge in [-0.1, -0.05) is 42.5 Å². The highest BCUT2D eigenvalue weighted by atomic mass is 19.1. The smallest absolute Gasteiger partial charge is 0.266 e. The zero-order chi connectivity index (χ0) is 20.4.